The van der Waals surface area contributed by atoms with Gasteiger partial charge < -0.3 is 13.9 Å². The van der Waals surface area contributed by atoms with Gasteiger partial charge in [-0.15, -0.1) is 0 Å². The summed E-state index contributed by atoms with van der Waals surface area (Å²) in [6, 6.07) is 33.4. The van der Waals surface area contributed by atoms with Crippen molar-refractivity contribution in [3.63, 3.8) is 0 Å². The fourth-order valence-electron chi connectivity index (χ4n) is 5.91. The molecule has 0 aliphatic carbocycles. The lowest BCUT2D eigenvalue weighted by molar-refractivity contribution is -0.163. The van der Waals surface area contributed by atoms with E-state index in [0.717, 1.165) is 38.7 Å². The van der Waals surface area contributed by atoms with Crippen molar-refractivity contribution in [1.29, 1.82) is 0 Å². The normalized spacial score (nSPS) is 17.2. The van der Waals surface area contributed by atoms with Crippen LogP contribution in [0.1, 0.15) is 58.3 Å². The third-order valence-electron chi connectivity index (χ3n) is 8.21. The van der Waals surface area contributed by atoms with Crippen LogP contribution in [0.15, 0.2) is 103 Å². The maximum atomic E-state index is 7.73. The van der Waals surface area contributed by atoms with Crippen molar-refractivity contribution in [3.8, 4) is 0 Å². The molecule has 1 aliphatic rings. The van der Waals surface area contributed by atoms with E-state index in [1.165, 1.54) is 34.8 Å². The average Bonchev–Trinajstić information content (AvgIpc) is 3.01. The van der Waals surface area contributed by atoms with Crippen LogP contribution in [0.3, 0.4) is 0 Å². The Kier molecular flexibility index (Phi) is 12.0. The van der Waals surface area contributed by atoms with Gasteiger partial charge in [0.25, 0.3) is 0 Å². The monoisotopic (exact) mass is 572 g/mol. The van der Waals surface area contributed by atoms with Crippen LogP contribution < -0.4 is 15.6 Å². The highest BCUT2D eigenvalue weighted by Crippen LogP contribution is 2.26. The van der Waals surface area contributed by atoms with E-state index in [0.29, 0.717) is 6.61 Å². The quantitative estimate of drug-likeness (QED) is 0.113. The van der Waals surface area contributed by atoms with Crippen LogP contribution in [0.25, 0.3) is 0 Å². The molecule has 0 radical (unpaired) electrons. The molecule has 0 N–H and O–H groups in total. The van der Waals surface area contributed by atoms with Crippen LogP contribution in [0, 0.1) is 0 Å². The van der Waals surface area contributed by atoms with E-state index in [2.05, 4.69) is 123 Å². The minimum atomic E-state index is -2.72. The summed E-state index contributed by atoms with van der Waals surface area (Å²) >= 11 is 0. The van der Waals surface area contributed by atoms with Gasteiger partial charge in [0.1, 0.15) is 7.59 Å². The Labute approximate surface area is 244 Å². The van der Waals surface area contributed by atoms with Gasteiger partial charge in [0.2, 0.25) is 7.83 Å². The summed E-state index contributed by atoms with van der Waals surface area (Å²) in [6.45, 7) is 8.82. The van der Waals surface area contributed by atoms with Crippen LogP contribution in [-0.4, -0.2) is 41.0 Å². The molecule has 40 heavy (non-hydrogen) atoms. The number of benzene rings is 3. The second-order valence-electron chi connectivity index (χ2n) is 11.4. The summed E-state index contributed by atoms with van der Waals surface area (Å²) in [4.78, 5) is 0. The Morgan fingerprint density at radius 2 is 1.43 bits per heavy atom. The number of allylic oxidation sites excluding steroid dienone is 1. The molecular formula is C35H48O3Si2. The molecule has 3 aromatic rings. The standard InChI is InChI=1S/C35H48O3Si2/c1-4-5-6-10-20-31(21-19-30-37-35-28-17-18-29-36-35)38-40(33-24-13-8-14-25-33,34-26-15-9-16-27-34)39(2,3)32-22-11-7-12-23-32/h7-16,20,22-27,31,35H,4-6,17-19,21,28-30H2,1-3H3/b20-10+/t31-,35?/m0/s1. The molecule has 2 atom stereocenters. The van der Waals surface area contributed by atoms with Crippen LogP contribution in [0.2, 0.25) is 13.1 Å². The largest absolute Gasteiger partial charge is 0.404 e. The highest BCUT2D eigenvalue weighted by Gasteiger charge is 2.55. The fourth-order valence-corrected chi connectivity index (χ4v) is 20.0. The van der Waals surface area contributed by atoms with Gasteiger partial charge in [-0.3, -0.25) is 0 Å². The van der Waals surface area contributed by atoms with Crippen molar-refractivity contribution in [3.05, 3.63) is 103 Å². The predicted octanol–water partition coefficient (Wildman–Crippen LogP) is 6.90. The van der Waals surface area contributed by atoms with E-state index >= 15 is 0 Å². The number of hydrogen-bond acceptors (Lipinski definition) is 3. The summed E-state index contributed by atoms with van der Waals surface area (Å²) in [7, 11) is -4.92. The molecule has 1 aliphatic heterocycles. The summed E-state index contributed by atoms with van der Waals surface area (Å²) in [5.41, 5.74) is 0. The molecule has 3 nitrogen and oxygen atoms in total. The molecule has 1 heterocycles. The lowest BCUT2D eigenvalue weighted by atomic mass is 10.1. The van der Waals surface area contributed by atoms with Crippen molar-refractivity contribution in [2.24, 2.45) is 0 Å². The first kappa shape index (κ1) is 30.7. The minimum Gasteiger partial charge on any atom is -0.404 e. The Hall–Kier alpha value is -2.29. The van der Waals surface area contributed by atoms with Crippen LogP contribution >= 0.6 is 0 Å². The van der Waals surface area contributed by atoms with E-state index in [-0.39, 0.29) is 12.4 Å². The van der Waals surface area contributed by atoms with Gasteiger partial charge in [-0.05, 0) is 48.9 Å². The number of rotatable bonds is 15. The molecule has 0 spiro atoms. The lowest BCUT2D eigenvalue weighted by Gasteiger charge is -2.46. The van der Waals surface area contributed by atoms with Gasteiger partial charge in [0.05, 0.1) is 6.10 Å². The predicted molar refractivity (Wildman–Crippen MR) is 174 cm³/mol. The van der Waals surface area contributed by atoms with Crippen molar-refractivity contribution >= 4 is 31.0 Å². The maximum Gasteiger partial charge on any atom is 0.246 e. The number of unbranched alkanes of at least 4 members (excludes halogenated alkanes) is 2. The minimum absolute atomic E-state index is 0.0234. The number of ether oxygens (including phenoxy) is 2. The third-order valence-corrected chi connectivity index (χ3v) is 22.9. The summed E-state index contributed by atoms with van der Waals surface area (Å²) < 4.78 is 19.7. The summed E-state index contributed by atoms with van der Waals surface area (Å²) in [5.74, 6) is 0. The molecular weight excluding hydrogens is 525 g/mol. The molecule has 3 aromatic carbocycles. The zero-order valence-corrected chi connectivity index (χ0v) is 26.8. The van der Waals surface area contributed by atoms with E-state index in [1.807, 2.05) is 0 Å². The molecule has 4 rings (SSSR count). The molecule has 0 aromatic heterocycles. The van der Waals surface area contributed by atoms with E-state index in [4.69, 9.17) is 13.9 Å². The second-order valence-corrected chi connectivity index (χ2v) is 23.9. The topological polar surface area (TPSA) is 27.7 Å². The van der Waals surface area contributed by atoms with Crippen molar-refractivity contribution < 1.29 is 13.9 Å². The van der Waals surface area contributed by atoms with Gasteiger partial charge in [0, 0.05) is 13.2 Å². The lowest BCUT2D eigenvalue weighted by Crippen LogP contribution is -2.80. The Morgan fingerprint density at radius 3 is 1.98 bits per heavy atom. The van der Waals surface area contributed by atoms with Crippen LogP contribution in [-0.2, 0) is 13.9 Å². The Balaban J connectivity index is 1.71. The average molecular weight is 573 g/mol. The first-order chi connectivity index (χ1) is 19.6. The van der Waals surface area contributed by atoms with Gasteiger partial charge in [-0.2, -0.15) is 0 Å². The number of hydrogen-bond donors (Lipinski definition) is 0. The molecule has 0 bridgehead atoms. The van der Waals surface area contributed by atoms with Gasteiger partial charge in [-0.1, -0.05) is 141 Å². The first-order valence-corrected chi connectivity index (χ1v) is 21.2. The van der Waals surface area contributed by atoms with E-state index in [1.54, 1.807) is 0 Å². The van der Waals surface area contributed by atoms with Gasteiger partial charge >= 0.3 is 0 Å². The zero-order chi connectivity index (χ0) is 28.1. The molecule has 0 saturated carbocycles. The smallest absolute Gasteiger partial charge is 0.246 e. The summed E-state index contributed by atoms with van der Waals surface area (Å²) in [5, 5.41) is 4.17. The molecule has 1 unspecified atom stereocenters. The van der Waals surface area contributed by atoms with Crippen LogP contribution in [0.4, 0.5) is 0 Å². The van der Waals surface area contributed by atoms with Crippen molar-refractivity contribution in [2.45, 2.75) is 83.8 Å². The highest BCUT2D eigenvalue weighted by molar-refractivity contribution is 7.52. The van der Waals surface area contributed by atoms with Crippen molar-refractivity contribution in [2.75, 3.05) is 13.2 Å². The molecule has 0 amide bonds. The Bertz CT molecular complexity index is 1090. The van der Waals surface area contributed by atoms with Crippen molar-refractivity contribution in [1.82, 2.24) is 0 Å². The third kappa shape index (κ3) is 7.71. The fraction of sp³-hybridized carbons (Fsp3) is 0.429. The summed E-state index contributed by atoms with van der Waals surface area (Å²) in [6.07, 6.45) is 13.4. The molecule has 1 saturated heterocycles. The SMILES string of the molecule is CCCC/C=C/[C@@H](CCCOC1CCCCO1)O[Si](c1ccccc1)(c1ccccc1)[Si](C)(C)c1ccccc1. The molecule has 214 valence electrons. The molecule has 5 heteroatoms. The van der Waals surface area contributed by atoms with Crippen LogP contribution in [0.5, 0.6) is 0 Å². The first-order valence-electron chi connectivity index (χ1n) is 15.3. The van der Waals surface area contributed by atoms with E-state index < -0.39 is 15.4 Å². The van der Waals surface area contributed by atoms with Gasteiger partial charge in [0.15, 0.2) is 6.29 Å². The zero-order valence-electron chi connectivity index (χ0n) is 24.8. The van der Waals surface area contributed by atoms with Gasteiger partial charge in [-0.25, -0.2) is 0 Å². The maximum absolute atomic E-state index is 7.73. The second kappa shape index (κ2) is 15.6. The Morgan fingerprint density at radius 1 is 0.825 bits per heavy atom. The molecule has 1 fully saturated rings. The van der Waals surface area contributed by atoms with E-state index in [9.17, 15) is 0 Å². The highest BCUT2D eigenvalue weighted by atomic mass is 29.3.